The lowest BCUT2D eigenvalue weighted by molar-refractivity contribution is 0.242. The van der Waals surface area contributed by atoms with Crippen LogP contribution in [0.2, 0.25) is 0 Å². The third-order valence-electron chi connectivity index (χ3n) is 2.58. The first-order valence-electron chi connectivity index (χ1n) is 6.29. The number of phenolic OH excluding ortho intramolecular Hbond substituents is 1. The monoisotopic (exact) mass is 258 g/mol. The van der Waals surface area contributed by atoms with Gasteiger partial charge in [-0.15, -0.1) is 0 Å². The van der Waals surface area contributed by atoms with Gasteiger partial charge in [-0.3, -0.25) is 0 Å². The van der Waals surface area contributed by atoms with Crippen LogP contribution in [0.25, 0.3) is 0 Å². The van der Waals surface area contributed by atoms with Gasteiger partial charge in [0.15, 0.2) is 0 Å². The Morgan fingerprint density at radius 2 is 1.58 bits per heavy atom. The van der Waals surface area contributed by atoms with Crippen LogP contribution in [0.1, 0.15) is 19.4 Å². The number of ether oxygens (including phenoxy) is 2. The average Bonchev–Trinajstić information content (AvgIpc) is 2.34. The lowest BCUT2D eigenvalue weighted by Crippen LogP contribution is -2.05. The molecule has 3 nitrogen and oxygen atoms in total. The van der Waals surface area contributed by atoms with Crippen LogP contribution < -0.4 is 9.47 Å². The second-order valence-electron chi connectivity index (χ2n) is 4.69. The van der Waals surface area contributed by atoms with E-state index in [0.29, 0.717) is 0 Å². The van der Waals surface area contributed by atoms with Gasteiger partial charge in [0.1, 0.15) is 23.0 Å². The first-order valence-corrected chi connectivity index (χ1v) is 6.29. The molecule has 1 N–H and O–H groups in total. The van der Waals surface area contributed by atoms with Crippen LogP contribution in [0, 0.1) is 6.92 Å². The van der Waals surface area contributed by atoms with Crippen LogP contribution in [-0.4, -0.2) is 11.2 Å². The van der Waals surface area contributed by atoms with Crippen LogP contribution in [0.5, 0.6) is 23.0 Å². The van der Waals surface area contributed by atoms with Crippen molar-refractivity contribution in [3.05, 3.63) is 48.0 Å². The van der Waals surface area contributed by atoms with Crippen LogP contribution in [0.4, 0.5) is 0 Å². The van der Waals surface area contributed by atoms with E-state index in [4.69, 9.17) is 9.47 Å². The standard InChI is InChI=1S/C16H18O3/c1-11(2)18-14-5-7-15(8-6-14)19-16-9-4-13(17)10-12(16)3/h4-11,17H,1-3H3. The van der Waals surface area contributed by atoms with Gasteiger partial charge in [-0.25, -0.2) is 0 Å². The summed E-state index contributed by atoms with van der Waals surface area (Å²) in [5.74, 6) is 2.54. The zero-order valence-electron chi connectivity index (χ0n) is 11.4. The molecular weight excluding hydrogens is 240 g/mol. The van der Waals surface area contributed by atoms with Crippen LogP contribution >= 0.6 is 0 Å². The second kappa shape index (κ2) is 5.65. The zero-order valence-corrected chi connectivity index (χ0v) is 11.4. The van der Waals surface area contributed by atoms with Gasteiger partial charge < -0.3 is 14.6 Å². The number of benzene rings is 2. The number of aromatic hydroxyl groups is 1. The van der Waals surface area contributed by atoms with E-state index < -0.39 is 0 Å². The maximum Gasteiger partial charge on any atom is 0.130 e. The summed E-state index contributed by atoms with van der Waals surface area (Å²) >= 11 is 0. The Bertz CT molecular complexity index is 544. The number of aryl methyl sites for hydroxylation is 1. The molecule has 100 valence electrons. The van der Waals surface area contributed by atoms with E-state index in [0.717, 1.165) is 22.8 Å². The minimum atomic E-state index is 0.158. The predicted octanol–water partition coefficient (Wildman–Crippen LogP) is 4.28. The first kappa shape index (κ1) is 13.3. The highest BCUT2D eigenvalue weighted by Gasteiger charge is 2.03. The summed E-state index contributed by atoms with van der Waals surface area (Å²) in [5.41, 5.74) is 0.891. The average molecular weight is 258 g/mol. The molecule has 3 heteroatoms. The van der Waals surface area contributed by atoms with Crippen molar-refractivity contribution in [2.24, 2.45) is 0 Å². The molecule has 0 heterocycles. The fourth-order valence-corrected chi connectivity index (χ4v) is 1.73. The molecule has 2 aromatic carbocycles. The molecule has 0 amide bonds. The van der Waals surface area contributed by atoms with E-state index in [2.05, 4.69) is 0 Å². The zero-order chi connectivity index (χ0) is 13.8. The van der Waals surface area contributed by atoms with Crippen molar-refractivity contribution >= 4 is 0 Å². The van der Waals surface area contributed by atoms with Crippen molar-refractivity contribution in [2.45, 2.75) is 26.9 Å². The summed E-state index contributed by atoms with van der Waals surface area (Å²) in [5, 5.41) is 9.35. The molecule has 2 aromatic rings. The second-order valence-corrected chi connectivity index (χ2v) is 4.69. The van der Waals surface area contributed by atoms with E-state index in [-0.39, 0.29) is 11.9 Å². The molecule has 0 fully saturated rings. The maximum absolute atomic E-state index is 9.35. The van der Waals surface area contributed by atoms with Crippen LogP contribution in [0.3, 0.4) is 0 Å². The molecule has 0 atom stereocenters. The third kappa shape index (κ3) is 3.65. The lowest BCUT2D eigenvalue weighted by atomic mass is 10.2. The maximum atomic E-state index is 9.35. The van der Waals surface area contributed by atoms with Crippen LogP contribution in [0.15, 0.2) is 42.5 Å². The van der Waals surface area contributed by atoms with Gasteiger partial charge in [-0.05, 0) is 68.8 Å². The molecule has 0 aliphatic rings. The number of rotatable bonds is 4. The summed E-state index contributed by atoms with van der Waals surface area (Å²) < 4.78 is 11.3. The summed E-state index contributed by atoms with van der Waals surface area (Å²) in [7, 11) is 0. The van der Waals surface area contributed by atoms with Gasteiger partial charge >= 0.3 is 0 Å². The fraction of sp³-hybridized carbons (Fsp3) is 0.250. The van der Waals surface area contributed by atoms with E-state index in [1.54, 1.807) is 18.2 Å². The van der Waals surface area contributed by atoms with Crippen molar-refractivity contribution in [1.29, 1.82) is 0 Å². The van der Waals surface area contributed by atoms with Crippen molar-refractivity contribution in [1.82, 2.24) is 0 Å². The third-order valence-corrected chi connectivity index (χ3v) is 2.58. The summed E-state index contributed by atoms with van der Waals surface area (Å²) in [4.78, 5) is 0. The van der Waals surface area contributed by atoms with Gasteiger partial charge in [0, 0.05) is 0 Å². The highest BCUT2D eigenvalue weighted by molar-refractivity contribution is 5.42. The molecule has 0 spiro atoms. The Balaban J connectivity index is 2.10. The molecule has 0 bridgehead atoms. The number of phenols is 1. The summed E-state index contributed by atoms with van der Waals surface area (Å²) in [6, 6.07) is 12.5. The first-order chi connectivity index (χ1) is 9.04. The molecule has 2 rings (SSSR count). The Morgan fingerprint density at radius 1 is 0.947 bits per heavy atom. The Hall–Kier alpha value is -2.16. The molecule has 0 unspecified atom stereocenters. The van der Waals surface area contributed by atoms with Crippen molar-refractivity contribution in [3.8, 4) is 23.0 Å². The van der Waals surface area contributed by atoms with Crippen molar-refractivity contribution in [3.63, 3.8) is 0 Å². The van der Waals surface area contributed by atoms with Gasteiger partial charge in [-0.2, -0.15) is 0 Å². The van der Waals surface area contributed by atoms with Gasteiger partial charge in [0.05, 0.1) is 6.10 Å². The van der Waals surface area contributed by atoms with E-state index in [1.807, 2.05) is 45.0 Å². The van der Waals surface area contributed by atoms with Crippen molar-refractivity contribution in [2.75, 3.05) is 0 Å². The van der Waals surface area contributed by atoms with E-state index in [1.165, 1.54) is 0 Å². The van der Waals surface area contributed by atoms with Crippen molar-refractivity contribution < 1.29 is 14.6 Å². The quantitative estimate of drug-likeness (QED) is 0.889. The number of hydrogen-bond donors (Lipinski definition) is 1. The van der Waals surface area contributed by atoms with Crippen LogP contribution in [-0.2, 0) is 0 Å². The topological polar surface area (TPSA) is 38.7 Å². The SMILES string of the molecule is Cc1cc(O)ccc1Oc1ccc(OC(C)C)cc1. The molecular formula is C16H18O3. The molecule has 19 heavy (non-hydrogen) atoms. The van der Waals surface area contributed by atoms with E-state index >= 15 is 0 Å². The Morgan fingerprint density at radius 3 is 2.16 bits per heavy atom. The molecule has 0 saturated carbocycles. The molecule has 0 saturated heterocycles. The molecule has 0 aromatic heterocycles. The number of hydrogen-bond acceptors (Lipinski definition) is 3. The predicted molar refractivity (Wildman–Crippen MR) is 75.1 cm³/mol. The van der Waals surface area contributed by atoms with E-state index in [9.17, 15) is 5.11 Å². The van der Waals surface area contributed by atoms with Gasteiger partial charge in [-0.1, -0.05) is 0 Å². The largest absolute Gasteiger partial charge is 0.508 e. The Kier molecular flexibility index (Phi) is 3.95. The molecule has 0 radical (unpaired) electrons. The highest BCUT2D eigenvalue weighted by Crippen LogP contribution is 2.28. The van der Waals surface area contributed by atoms with Gasteiger partial charge in [0.2, 0.25) is 0 Å². The normalized spacial score (nSPS) is 10.5. The van der Waals surface area contributed by atoms with Gasteiger partial charge in [0.25, 0.3) is 0 Å². The smallest absolute Gasteiger partial charge is 0.130 e. The lowest BCUT2D eigenvalue weighted by Gasteiger charge is -2.11. The Labute approximate surface area is 113 Å². The fourth-order valence-electron chi connectivity index (χ4n) is 1.73. The molecule has 0 aliphatic heterocycles. The minimum Gasteiger partial charge on any atom is -0.508 e. The summed E-state index contributed by atoms with van der Waals surface area (Å²) in [6.07, 6.45) is 0.158. The molecule has 0 aliphatic carbocycles. The highest BCUT2D eigenvalue weighted by atomic mass is 16.5. The summed E-state index contributed by atoms with van der Waals surface area (Å²) in [6.45, 7) is 5.87. The minimum absolute atomic E-state index is 0.158.